The highest BCUT2D eigenvalue weighted by molar-refractivity contribution is 5.97. The number of esters is 1. The Bertz CT molecular complexity index is 634. The summed E-state index contributed by atoms with van der Waals surface area (Å²) in [7, 11) is 0. The lowest BCUT2D eigenvalue weighted by Gasteiger charge is -2.39. The van der Waals surface area contributed by atoms with E-state index in [9.17, 15) is 14.4 Å². The topological polar surface area (TPSA) is 114 Å². The number of anilines is 1. The van der Waals surface area contributed by atoms with Gasteiger partial charge in [-0.1, -0.05) is 0 Å². The highest BCUT2D eigenvalue weighted by Crippen LogP contribution is 2.22. The van der Waals surface area contributed by atoms with Crippen LogP contribution < -0.4 is 5.32 Å². The number of amides is 2. The molecule has 1 aromatic heterocycles. The largest absolute Gasteiger partial charge is 0.461 e. The number of H-pyrrole nitrogens is 1. The van der Waals surface area contributed by atoms with E-state index in [0.717, 1.165) is 0 Å². The van der Waals surface area contributed by atoms with Crippen LogP contribution in [0.1, 0.15) is 44.6 Å². The van der Waals surface area contributed by atoms with Crippen LogP contribution in [-0.2, 0) is 14.3 Å². The van der Waals surface area contributed by atoms with Crippen molar-refractivity contribution in [1.29, 1.82) is 0 Å². The Labute approximate surface area is 139 Å². The smallest absolute Gasteiger partial charge is 0.410 e. The standard InChI is InChI=1S/C15H22N4O5/c1-5-23-12(21)9-8-16-13(17-9)18-11(20)10-6-7-19(10)14(22)24-15(2,3)4/h8,10H,5-7H2,1-4H3,(H2,16,17,18,20)/t10-/m1/s1. The fourth-order valence-electron chi connectivity index (χ4n) is 2.10. The lowest BCUT2D eigenvalue weighted by molar-refractivity contribution is -0.125. The number of carbonyl (C=O) groups is 3. The van der Waals surface area contributed by atoms with E-state index in [1.807, 2.05) is 0 Å². The zero-order valence-corrected chi connectivity index (χ0v) is 14.2. The molecule has 2 heterocycles. The van der Waals surface area contributed by atoms with Crippen LogP contribution in [0.25, 0.3) is 0 Å². The minimum absolute atomic E-state index is 0.124. The van der Waals surface area contributed by atoms with Crippen molar-refractivity contribution in [2.45, 2.75) is 45.8 Å². The number of aromatic amines is 1. The maximum absolute atomic E-state index is 12.2. The van der Waals surface area contributed by atoms with Gasteiger partial charge < -0.3 is 14.5 Å². The Morgan fingerprint density at radius 1 is 1.42 bits per heavy atom. The van der Waals surface area contributed by atoms with Crippen LogP contribution in [0.3, 0.4) is 0 Å². The average molecular weight is 338 g/mol. The van der Waals surface area contributed by atoms with Crippen LogP contribution in [-0.4, -0.2) is 57.6 Å². The van der Waals surface area contributed by atoms with Crippen molar-refractivity contribution in [1.82, 2.24) is 14.9 Å². The summed E-state index contributed by atoms with van der Waals surface area (Å²) in [6.07, 6.45) is 1.29. The number of ether oxygens (including phenoxy) is 2. The van der Waals surface area contributed by atoms with E-state index in [1.165, 1.54) is 11.1 Å². The number of hydrogen-bond donors (Lipinski definition) is 2. The Kier molecular flexibility index (Phi) is 5.10. The zero-order valence-electron chi connectivity index (χ0n) is 14.2. The molecule has 0 aromatic carbocycles. The summed E-state index contributed by atoms with van der Waals surface area (Å²) in [5.74, 6) is -0.819. The van der Waals surface area contributed by atoms with Crippen molar-refractivity contribution in [3.63, 3.8) is 0 Å². The first-order valence-electron chi connectivity index (χ1n) is 7.74. The number of rotatable bonds is 4. The van der Waals surface area contributed by atoms with Crippen LogP contribution in [0.2, 0.25) is 0 Å². The molecule has 132 valence electrons. The number of carbonyl (C=O) groups excluding carboxylic acids is 3. The molecule has 0 aliphatic carbocycles. The quantitative estimate of drug-likeness (QED) is 0.805. The number of nitrogens with one attached hydrogen (secondary N) is 2. The molecule has 0 saturated carbocycles. The van der Waals surface area contributed by atoms with Crippen molar-refractivity contribution in [3.8, 4) is 0 Å². The fourth-order valence-corrected chi connectivity index (χ4v) is 2.10. The van der Waals surface area contributed by atoms with Gasteiger partial charge >= 0.3 is 12.1 Å². The summed E-state index contributed by atoms with van der Waals surface area (Å²) in [6, 6.07) is -0.615. The second kappa shape index (κ2) is 6.90. The van der Waals surface area contributed by atoms with E-state index in [0.29, 0.717) is 13.0 Å². The van der Waals surface area contributed by atoms with E-state index in [-0.39, 0.29) is 18.2 Å². The van der Waals surface area contributed by atoms with Crippen LogP contribution in [0, 0.1) is 0 Å². The summed E-state index contributed by atoms with van der Waals surface area (Å²) < 4.78 is 10.1. The molecule has 24 heavy (non-hydrogen) atoms. The highest BCUT2D eigenvalue weighted by atomic mass is 16.6. The van der Waals surface area contributed by atoms with Gasteiger partial charge in [0.2, 0.25) is 11.9 Å². The van der Waals surface area contributed by atoms with Gasteiger partial charge in [-0.15, -0.1) is 0 Å². The second-order valence-corrected chi connectivity index (χ2v) is 6.33. The van der Waals surface area contributed by atoms with Gasteiger partial charge in [-0.25, -0.2) is 14.6 Å². The highest BCUT2D eigenvalue weighted by Gasteiger charge is 2.40. The maximum Gasteiger partial charge on any atom is 0.410 e. The van der Waals surface area contributed by atoms with Gasteiger partial charge in [0, 0.05) is 6.54 Å². The first-order valence-corrected chi connectivity index (χ1v) is 7.74. The van der Waals surface area contributed by atoms with E-state index in [4.69, 9.17) is 9.47 Å². The summed E-state index contributed by atoms with van der Waals surface area (Å²) in [6.45, 7) is 7.68. The third-order valence-corrected chi connectivity index (χ3v) is 3.26. The van der Waals surface area contributed by atoms with Gasteiger partial charge in [-0.05, 0) is 34.1 Å². The van der Waals surface area contributed by atoms with E-state index in [1.54, 1.807) is 27.7 Å². The molecule has 2 N–H and O–H groups in total. The minimum atomic E-state index is -0.622. The van der Waals surface area contributed by atoms with Gasteiger partial charge in [0.15, 0.2) is 0 Å². The number of hydrogen-bond acceptors (Lipinski definition) is 6. The number of imidazole rings is 1. The Balaban J connectivity index is 1.93. The molecule has 9 nitrogen and oxygen atoms in total. The fraction of sp³-hybridized carbons (Fsp3) is 0.600. The van der Waals surface area contributed by atoms with Crippen molar-refractivity contribution in [3.05, 3.63) is 11.9 Å². The van der Waals surface area contributed by atoms with Crippen molar-refractivity contribution in [2.75, 3.05) is 18.5 Å². The number of likely N-dealkylation sites (tertiary alicyclic amines) is 1. The lowest BCUT2D eigenvalue weighted by atomic mass is 10.0. The van der Waals surface area contributed by atoms with E-state index < -0.39 is 29.6 Å². The summed E-state index contributed by atoms with van der Waals surface area (Å²) in [4.78, 5) is 43.7. The summed E-state index contributed by atoms with van der Waals surface area (Å²) in [5, 5.41) is 2.55. The van der Waals surface area contributed by atoms with Gasteiger partial charge in [0.05, 0.1) is 12.8 Å². The molecule has 9 heteroatoms. The van der Waals surface area contributed by atoms with Gasteiger partial charge in [0.25, 0.3) is 0 Å². The molecule has 2 amide bonds. The molecule has 1 atom stereocenters. The first kappa shape index (κ1) is 17.8. The second-order valence-electron chi connectivity index (χ2n) is 6.33. The monoisotopic (exact) mass is 338 g/mol. The zero-order chi connectivity index (χ0) is 17.9. The maximum atomic E-state index is 12.2. The predicted molar refractivity (Wildman–Crippen MR) is 84.5 cm³/mol. The van der Waals surface area contributed by atoms with Crippen molar-refractivity contribution < 1.29 is 23.9 Å². The lowest BCUT2D eigenvalue weighted by Crippen LogP contribution is -2.57. The molecule has 0 spiro atoms. The van der Waals surface area contributed by atoms with Crippen LogP contribution >= 0.6 is 0 Å². The molecule has 2 rings (SSSR count). The molecule has 1 aromatic rings. The van der Waals surface area contributed by atoms with Gasteiger partial charge in [0.1, 0.15) is 17.3 Å². The van der Waals surface area contributed by atoms with Crippen LogP contribution in [0.4, 0.5) is 10.7 Å². The third kappa shape index (κ3) is 4.24. The summed E-state index contributed by atoms with van der Waals surface area (Å²) in [5.41, 5.74) is -0.478. The van der Waals surface area contributed by atoms with Gasteiger partial charge in [-0.3, -0.25) is 15.0 Å². The normalized spacial score (nSPS) is 17.0. The molecule has 0 bridgehead atoms. The van der Waals surface area contributed by atoms with Gasteiger partial charge in [-0.2, -0.15) is 0 Å². The summed E-state index contributed by atoms with van der Waals surface area (Å²) >= 11 is 0. The van der Waals surface area contributed by atoms with Crippen molar-refractivity contribution >= 4 is 23.9 Å². The molecule has 0 radical (unpaired) electrons. The van der Waals surface area contributed by atoms with Crippen LogP contribution in [0.5, 0.6) is 0 Å². The first-order chi connectivity index (χ1) is 11.2. The average Bonchev–Trinajstić information content (AvgIpc) is 2.83. The SMILES string of the molecule is CCOC(=O)c1cnc(NC(=O)[C@H]2CCN2C(=O)OC(C)(C)C)[nH]1. The predicted octanol–water partition coefficient (Wildman–Crippen LogP) is 1.53. The third-order valence-electron chi connectivity index (χ3n) is 3.26. The van der Waals surface area contributed by atoms with Crippen LogP contribution in [0.15, 0.2) is 6.20 Å². The Morgan fingerprint density at radius 2 is 2.12 bits per heavy atom. The minimum Gasteiger partial charge on any atom is -0.461 e. The molecule has 1 saturated heterocycles. The number of nitrogens with zero attached hydrogens (tertiary/aromatic N) is 2. The number of aromatic nitrogens is 2. The Morgan fingerprint density at radius 3 is 2.67 bits per heavy atom. The Hall–Kier alpha value is -2.58. The molecule has 0 unspecified atom stereocenters. The van der Waals surface area contributed by atoms with E-state index in [2.05, 4.69) is 15.3 Å². The molecule has 1 aliphatic heterocycles. The van der Waals surface area contributed by atoms with E-state index >= 15 is 0 Å². The molecular formula is C15H22N4O5. The molecule has 1 fully saturated rings. The van der Waals surface area contributed by atoms with Crippen molar-refractivity contribution in [2.24, 2.45) is 0 Å². The molecular weight excluding hydrogens is 316 g/mol. The molecule has 1 aliphatic rings.